The molecule has 3 rings (SSSR count). The van der Waals surface area contributed by atoms with E-state index in [0.29, 0.717) is 23.2 Å². The second-order valence-corrected chi connectivity index (χ2v) is 6.99. The van der Waals surface area contributed by atoms with E-state index < -0.39 is 0 Å². The average molecular weight is 358 g/mol. The third kappa shape index (κ3) is 5.76. The summed E-state index contributed by atoms with van der Waals surface area (Å²) in [5, 5.41) is 6.41. The lowest BCUT2D eigenvalue weighted by Crippen LogP contribution is -2.39. The maximum absolute atomic E-state index is 12.0. The van der Waals surface area contributed by atoms with Crippen LogP contribution in [0.3, 0.4) is 0 Å². The number of rotatable bonds is 5. The Bertz CT molecular complexity index is 684. The Balaban J connectivity index is 1.37. The van der Waals surface area contributed by atoms with Crippen molar-refractivity contribution in [3.05, 3.63) is 65.2 Å². The monoisotopic (exact) mass is 357 g/mol. The number of hydrogen-bond donors (Lipinski definition) is 2. The van der Waals surface area contributed by atoms with Gasteiger partial charge in [0.05, 0.1) is 0 Å². The highest BCUT2D eigenvalue weighted by molar-refractivity contribution is 6.30. The molecule has 1 fully saturated rings. The van der Waals surface area contributed by atoms with Crippen LogP contribution in [0.25, 0.3) is 0 Å². The number of anilines is 1. The van der Waals surface area contributed by atoms with Crippen LogP contribution in [0.15, 0.2) is 54.6 Å². The second kappa shape index (κ2) is 8.88. The molecule has 25 heavy (non-hydrogen) atoms. The van der Waals surface area contributed by atoms with Crippen LogP contribution < -0.4 is 10.6 Å². The van der Waals surface area contributed by atoms with Crippen LogP contribution in [0.4, 0.5) is 10.5 Å². The maximum atomic E-state index is 12.0. The number of amides is 2. The zero-order valence-corrected chi connectivity index (χ0v) is 15.0. The van der Waals surface area contributed by atoms with Gasteiger partial charge < -0.3 is 10.6 Å². The molecule has 2 N–H and O–H groups in total. The molecule has 1 heterocycles. The van der Waals surface area contributed by atoms with Gasteiger partial charge in [-0.15, -0.1) is 0 Å². The van der Waals surface area contributed by atoms with Gasteiger partial charge in [-0.25, -0.2) is 4.79 Å². The zero-order chi connectivity index (χ0) is 17.5. The van der Waals surface area contributed by atoms with Crippen LogP contribution in [-0.4, -0.2) is 30.6 Å². The Labute approximate surface area is 154 Å². The molecule has 0 aliphatic carbocycles. The molecular formula is C20H24ClN3O. The molecule has 0 aromatic heterocycles. The summed E-state index contributed by atoms with van der Waals surface area (Å²) < 4.78 is 0. The molecular weight excluding hydrogens is 334 g/mol. The van der Waals surface area contributed by atoms with Gasteiger partial charge in [-0.1, -0.05) is 48.0 Å². The lowest BCUT2D eigenvalue weighted by Gasteiger charge is -2.32. The van der Waals surface area contributed by atoms with Crippen LogP contribution in [-0.2, 0) is 6.54 Å². The Hall–Kier alpha value is -2.04. The predicted octanol–water partition coefficient (Wildman–Crippen LogP) is 4.37. The minimum Gasteiger partial charge on any atom is -0.338 e. The standard InChI is InChI=1S/C20H24ClN3O/c21-18-7-4-8-19(13-18)23-20(25)22-14-16-9-11-24(12-10-16)15-17-5-2-1-3-6-17/h1-8,13,16H,9-12,14-15H2,(H2,22,23,25). The van der Waals surface area contributed by atoms with Crippen LogP contribution in [0.5, 0.6) is 0 Å². The first kappa shape index (κ1) is 17.8. The molecule has 1 saturated heterocycles. The van der Waals surface area contributed by atoms with Gasteiger partial charge in [-0.3, -0.25) is 4.90 Å². The number of carbonyl (C=O) groups is 1. The molecule has 0 spiro atoms. The number of hydrogen-bond acceptors (Lipinski definition) is 2. The van der Waals surface area contributed by atoms with E-state index in [1.54, 1.807) is 12.1 Å². The molecule has 0 radical (unpaired) electrons. The Kier molecular flexibility index (Phi) is 6.31. The number of nitrogens with zero attached hydrogens (tertiary/aromatic N) is 1. The second-order valence-electron chi connectivity index (χ2n) is 6.55. The largest absolute Gasteiger partial charge is 0.338 e. The van der Waals surface area contributed by atoms with Gasteiger partial charge >= 0.3 is 6.03 Å². The summed E-state index contributed by atoms with van der Waals surface area (Å²) in [5.74, 6) is 0.539. The van der Waals surface area contributed by atoms with E-state index in [9.17, 15) is 4.79 Å². The fourth-order valence-corrected chi connectivity index (χ4v) is 3.36. The first-order valence-corrected chi connectivity index (χ1v) is 9.13. The van der Waals surface area contributed by atoms with Crippen molar-refractivity contribution < 1.29 is 4.79 Å². The van der Waals surface area contributed by atoms with Crippen molar-refractivity contribution in [1.29, 1.82) is 0 Å². The molecule has 5 heteroatoms. The quantitative estimate of drug-likeness (QED) is 0.834. The third-order valence-electron chi connectivity index (χ3n) is 4.59. The number of nitrogens with one attached hydrogen (secondary N) is 2. The lowest BCUT2D eigenvalue weighted by atomic mass is 9.96. The van der Waals surface area contributed by atoms with Crippen molar-refractivity contribution in [3.8, 4) is 0 Å². The first-order valence-electron chi connectivity index (χ1n) is 8.76. The van der Waals surface area contributed by atoms with E-state index in [1.807, 2.05) is 12.1 Å². The molecule has 4 nitrogen and oxygen atoms in total. The summed E-state index contributed by atoms with van der Waals surface area (Å²) in [6.45, 7) is 3.89. The van der Waals surface area contributed by atoms with Gasteiger partial charge in [0, 0.05) is 23.8 Å². The molecule has 132 valence electrons. The van der Waals surface area contributed by atoms with E-state index in [2.05, 4.69) is 45.9 Å². The van der Waals surface area contributed by atoms with Crippen molar-refractivity contribution in [1.82, 2.24) is 10.2 Å². The highest BCUT2D eigenvalue weighted by Gasteiger charge is 2.19. The topological polar surface area (TPSA) is 44.4 Å². The fraction of sp³-hybridized carbons (Fsp3) is 0.350. The minimum absolute atomic E-state index is 0.172. The Morgan fingerprint density at radius 3 is 2.56 bits per heavy atom. The van der Waals surface area contributed by atoms with Crippen LogP contribution in [0.1, 0.15) is 18.4 Å². The highest BCUT2D eigenvalue weighted by atomic mass is 35.5. The number of halogens is 1. The van der Waals surface area contributed by atoms with Gasteiger partial charge in [0.25, 0.3) is 0 Å². The summed E-state index contributed by atoms with van der Waals surface area (Å²) in [4.78, 5) is 14.5. The maximum Gasteiger partial charge on any atom is 0.319 e. The molecule has 1 aliphatic heterocycles. The molecule has 1 aliphatic rings. The lowest BCUT2D eigenvalue weighted by molar-refractivity contribution is 0.175. The van der Waals surface area contributed by atoms with Gasteiger partial charge in [0.1, 0.15) is 0 Å². The molecule has 2 aromatic carbocycles. The van der Waals surface area contributed by atoms with Crippen LogP contribution in [0, 0.1) is 5.92 Å². The van der Waals surface area contributed by atoms with Gasteiger partial charge in [0.15, 0.2) is 0 Å². The Morgan fingerprint density at radius 1 is 1.08 bits per heavy atom. The number of carbonyl (C=O) groups excluding carboxylic acids is 1. The number of likely N-dealkylation sites (tertiary alicyclic amines) is 1. The van der Waals surface area contributed by atoms with Gasteiger partial charge in [0.2, 0.25) is 0 Å². The zero-order valence-electron chi connectivity index (χ0n) is 14.2. The number of urea groups is 1. The summed E-state index contributed by atoms with van der Waals surface area (Å²) in [7, 11) is 0. The minimum atomic E-state index is -0.172. The van der Waals surface area contributed by atoms with Crippen molar-refractivity contribution in [2.75, 3.05) is 25.0 Å². The van der Waals surface area contributed by atoms with Gasteiger partial charge in [-0.2, -0.15) is 0 Å². The van der Waals surface area contributed by atoms with E-state index in [4.69, 9.17) is 11.6 Å². The summed E-state index contributed by atoms with van der Waals surface area (Å²) in [5.41, 5.74) is 2.07. The summed E-state index contributed by atoms with van der Waals surface area (Å²) in [6, 6.07) is 17.6. The van der Waals surface area contributed by atoms with Crippen molar-refractivity contribution >= 4 is 23.3 Å². The Morgan fingerprint density at radius 2 is 1.84 bits per heavy atom. The number of benzene rings is 2. The molecule has 0 atom stereocenters. The van der Waals surface area contributed by atoms with E-state index >= 15 is 0 Å². The molecule has 0 bridgehead atoms. The SMILES string of the molecule is O=C(NCC1CCN(Cc2ccccc2)CC1)Nc1cccc(Cl)c1. The van der Waals surface area contributed by atoms with Crippen molar-refractivity contribution in [2.45, 2.75) is 19.4 Å². The predicted molar refractivity (Wildman–Crippen MR) is 103 cm³/mol. The molecule has 0 unspecified atom stereocenters. The number of piperidine rings is 1. The molecule has 2 aromatic rings. The molecule has 0 saturated carbocycles. The summed E-state index contributed by atoms with van der Waals surface area (Å²) in [6.07, 6.45) is 2.23. The normalized spacial score (nSPS) is 15.7. The van der Waals surface area contributed by atoms with E-state index in [0.717, 1.165) is 32.5 Å². The van der Waals surface area contributed by atoms with Crippen LogP contribution in [0.2, 0.25) is 5.02 Å². The van der Waals surface area contributed by atoms with Gasteiger partial charge in [-0.05, 0) is 55.6 Å². The van der Waals surface area contributed by atoms with Crippen molar-refractivity contribution in [3.63, 3.8) is 0 Å². The highest BCUT2D eigenvalue weighted by Crippen LogP contribution is 2.19. The summed E-state index contributed by atoms with van der Waals surface area (Å²) >= 11 is 5.92. The fourth-order valence-electron chi connectivity index (χ4n) is 3.17. The first-order chi connectivity index (χ1) is 12.2. The van der Waals surface area contributed by atoms with E-state index in [1.165, 1.54) is 5.56 Å². The smallest absolute Gasteiger partial charge is 0.319 e. The van der Waals surface area contributed by atoms with Crippen molar-refractivity contribution in [2.24, 2.45) is 5.92 Å². The van der Waals surface area contributed by atoms with Crippen LogP contribution >= 0.6 is 11.6 Å². The average Bonchev–Trinajstić information content (AvgIpc) is 2.62. The molecule has 2 amide bonds. The third-order valence-corrected chi connectivity index (χ3v) is 4.83. The van der Waals surface area contributed by atoms with E-state index in [-0.39, 0.29) is 6.03 Å².